The van der Waals surface area contributed by atoms with Crippen molar-refractivity contribution in [1.29, 1.82) is 0 Å². The standard InChI is InChI=1S/C48H31N2/c1-2-16-34(17-3-1)47-49-48(46-31-35-18-6-9-23-41(35)44-24-10-11-25-45(44)46)50(47)38-29-36(42-26-12-19-32-14-4-7-21-39(32)42)28-37(30-38)43-27-13-20-33-15-5-8-22-40(33)43/h1-31H/q+1. The zero-order valence-electron chi connectivity index (χ0n) is 27.3. The maximum absolute atomic E-state index is 5.34. The van der Waals surface area contributed by atoms with E-state index < -0.39 is 0 Å². The molecule has 0 atom stereocenters. The summed E-state index contributed by atoms with van der Waals surface area (Å²) < 4.78 is 2.37. The van der Waals surface area contributed by atoms with Crippen molar-refractivity contribution < 1.29 is 4.58 Å². The van der Waals surface area contributed by atoms with Crippen LogP contribution in [0.5, 0.6) is 0 Å². The van der Waals surface area contributed by atoms with E-state index in [1.165, 1.54) is 65.3 Å². The topological polar surface area (TPSA) is 15.4 Å². The van der Waals surface area contributed by atoms with E-state index in [2.05, 4.69) is 193 Å². The van der Waals surface area contributed by atoms with Gasteiger partial charge in [0.25, 0.3) is 11.7 Å². The molecule has 1 aliphatic rings. The number of amidine groups is 2. The highest BCUT2D eigenvalue weighted by Gasteiger charge is 2.35. The molecule has 0 amide bonds. The van der Waals surface area contributed by atoms with Gasteiger partial charge in [0.05, 0.1) is 11.1 Å². The van der Waals surface area contributed by atoms with Gasteiger partial charge in [-0.05, 0) is 102 Å². The van der Waals surface area contributed by atoms with Gasteiger partial charge in [0.15, 0.2) is 0 Å². The molecule has 0 spiro atoms. The Balaban J connectivity index is 1.27. The molecule has 0 N–H and O–H groups in total. The fraction of sp³-hybridized carbons (Fsp3) is 0. The Morgan fingerprint density at radius 2 is 0.820 bits per heavy atom. The van der Waals surface area contributed by atoms with Crippen LogP contribution in [0.25, 0.3) is 65.3 Å². The fourth-order valence-corrected chi connectivity index (χ4v) is 7.71. The molecule has 0 saturated heterocycles. The molecule has 0 aromatic heterocycles. The molecule has 0 unspecified atom stereocenters. The van der Waals surface area contributed by atoms with Gasteiger partial charge in [-0.15, -0.1) is 0 Å². The Kier molecular flexibility index (Phi) is 6.53. The monoisotopic (exact) mass is 635 g/mol. The molecule has 50 heavy (non-hydrogen) atoms. The lowest BCUT2D eigenvalue weighted by Crippen LogP contribution is -2.34. The predicted molar refractivity (Wildman–Crippen MR) is 211 cm³/mol. The van der Waals surface area contributed by atoms with Crippen molar-refractivity contribution in [3.8, 4) is 22.3 Å². The number of fused-ring (bicyclic) bond motifs is 5. The van der Waals surface area contributed by atoms with E-state index in [1.807, 2.05) is 0 Å². The second kappa shape index (κ2) is 11.5. The number of nitrogens with zero attached hydrogens (tertiary/aromatic N) is 2. The molecular weight excluding hydrogens is 605 g/mol. The summed E-state index contributed by atoms with van der Waals surface area (Å²) in [5.41, 5.74) is 8.06. The van der Waals surface area contributed by atoms with Crippen LogP contribution >= 0.6 is 0 Å². The molecule has 1 aliphatic heterocycles. The van der Waals surface area contributed by atoms with Gasteiger partial charge in [-0.2, -0.15) is 4.58 Å². The van der Waals surface area contributed by atoms with Gasteiger partial charge in [0.2, 0.25) is 0 Å². The van der Waals surface area contributed by atoms with Crippen LogP contribution in [0.3, 0.4) is 0 Å². The Morgan fingerprint density at radius 3 is 1.46 bits per heavy atom. The van der Waals surface area contributed by atoms with Crippen LogP contribution in [0.15, 0.2) is 193 Å². The maximum Gasteiger partial charge on any atom is 0.279 e. The fourth-order valence-electron chi connectivity index (χ4n) is 7.71. The molecule has 0 fully saturated rings. The smallest absolute Gasteiger partial charge is 0.192 e. The number of benzene rings is 9. The van der Waals surface area contributed by atoms with E-state index in [0.29, 0.717) is 0 Å². The molecule has 2 heteroatoms. The van der Waals surface area contributed by atoms with Crippen LogP contribution < -0.4 is 0 Å². The van der Waals surface area contributed by atoms with Crippen LogP contribution in [0.1, 0.15) is 11.1 Å². The Morgan fingerprint density at radius 1 is 0.320 bits per heavy atom. The molecule has 232 valence electrons. The number of rotatable bonds is 5. The van der Waals surface area contributed by atoms with Gasteiger partial charge in [-0.25, -0.2) is 0 Å². The van der Waals surface area contributed by atoms with Gasteiger partial charge in [0.1, 0.15) is 5.69 Å². The number of hydrogen-bond donors (Lipinski definition) is 0. The number of aliphatic imine (C=N–C) groups is 1. The zero-order valence-corrected chi connectivity index (χ0v) is 27.3. The summed E-state index contributed by atoms with van der Waals surface area (Å²) in [5.74, 6) is 1.89. The van der Waals surface area contributed by atoms with Crippen LogP contribution in [0, 0.1) is 0 Å². The molecule has 10 rings (SSSR count). The van der Waals surface area contributed by atoms with Crippen molar-refractivity contribution in [1.82, 2.24) is 0 Å². The minimum absolute atomic E-state index is 0.941. The molecule has 0 aliphatic carbocycles. The summed E-state index contributed by atoms with van der Waals surface area (Å²) in [7, 11) is 0. The van der Waals surface area contributed by atoms with Crippen molar-refractivity contribution in [3.05, 3.63) is 199 Å². The Hall–Kier alpha value is -6.64. The lowest BCUT2D eigenvalue weighted by Gasteiger charge is -2.22. The van der Waals surface area contributed by atoms with Crippen LogP contribution in [0.2, 0.25) is 0 Å². The second-order valence-corrected chi connectivity index (χ2v) is 13.0. The van der Waals surface area contributed by atoms with Crippen molar-refractivity contribution >= 4 is 60.4 Å². The van der Waals surface area contributed by atoms with Crippen LogP contribution in [-0.2, 0) is 0 Å². The first kappa shape index (κ1) is 28.4. The third-order valence-electron chi connectivity index (χ3n) is 10.1. The summed E-state index contributed by atoms with van der Waals surface area (Å²) >= 11 is 0. The third-order valence-corrected chi connectivity index (χ3v) is 10.1. The number of hydrogen-bond acceptors (Lipinski definition) is 1. The van der Waals surface area contributed by atoms with Gasteiger partial charge in [-0.3, -0.25) is 0 Å². The molecule has 9 aromatic carbocycles. The van der Waals surface area contributed by atoms with E-state index in [-0.39, 0.29) is 0 Å². The predicted octanol–water partition coefficient (Wildman–Crippen LogP) is 12.2. The van der Waals surface area contributed by atoms with Gasteiger partial charge in [-0.1, -0.05) is 157 Å². The maximum atomic E-state index is 5.34. The summed E-state index contributed by atoms with van der Waals surface area (Å²) in [6, 6.07) is 67.9. The zero-order chi connectivity index (χ0) is 33.0. The van der Waals surface area contributed by atoms with E-state index in [1.54, 1.807) is 0 Å². The lowest BCUT2D eigenvalue weighted by atomic mass is 9.92. The van der Waals surface area contributed by atoms with Crippen molar-refractivity contribution in [3.63, 3.8) is 0 Å². The Bertz CT molecular complexity index is 2750. The largest absolute Gasteiger partial charge is 0.279 e. The average molecular weight is 636 g/mol. The average Bonchev–Trinajstić information content (AvgIpc) is 3.17. The van der Waals surface area contributed by atoms with Crippen LogP contribution in [0.4, 0.5) is 5.69 Å². The normalized spacial score (nSPS) is 12.8. The summed E-state index contributed by atoms with van der Waals surface area (Å²) in [4.78, 5) is 5.34. The van der Waals surface area contributed by atoms with E-state index in [0.717, 1.165) is 28.5 Å². The third kappa shape index (κ3) is 4.57. The highest BCUT2D eigenvalue weighted by atomic mass is 15.2. The lowest BCUT2D eigenvalue weighted by molar-refractivity contribution is -0.319. The molecule has 0 bridgehead atoms. The first-order valence-corrected chi connectivity index (χ1v) is 17.1. The van der Waals surface area contributed by atoms with Crippen LogP contribution in [-0.4, -0.2) is 16.2 Å². The van der Waals surface area contributed by atoms with E-state index in [9.17, 15) is 0 Å². The van der Waals surface area contributed by atoms with Crippen molar-refractivity contribution in [2.75, 3.05) is 0 Å². The quantitative estimate of drug-likeness (QED) is 0.132. The molecule has 1 heterocycles. The minimum atomic E-state index is 0.941. The first-order valence-electron chi connectivity index (χ1n) is 17.1. The molecule has 0 radical (unpaired) electrons. The van der Waals surface area contributed by atoms with Crippen molar-refractivity contribution in [2.45, 2.75) is 0 Å². The second-order valence-electron chi connectivity index (χ2n) is 13.0. The van der Waals surface area contributed by atoms with E-state index >= 15 is 0 Å². The summed E-state index contributed by atoms with van der Waals surface area (Å²) in [6.45, 7) is 0. The van der Waals surface area contributed by atoms with Gasteiger partial charge < -0.3 is 0 Å². The molecule has 2 nitrogen and oxygen atoms in total. The highest BCUT2D eigenvalue weighted by molar-refractivity contribution is 6.23. The first-order chi connectivity index (χ1) is 24.8. The highest BCUT2D eigenvalue weighted by Crippen LogP contribution is 2.40. The Labute approximate surface area is 290 Å². The van der Waals surface area contributed by atoms with Gasteiger partial charge >= 0.3 is 0 Å². The van der Waals surface area contributed by atoms with E-state index in [4.69, 9.17) is 4.99 Å². The van der Waals surface area contributed by atoms with Crippen molar-refractivity contribution in [2.24, 2.45) is 4.99 Å². The van der Waals surface area contributed by atoms with Gasteiger partial charge in [0, 0.05) is 0 Å². The molecule has 9 aromatic rings. The summed E-state index contributed by atoms with van der Waals surface area (Å²) in [5, 5.41) is 9.82. The molecular formula is C48H31N2+. The minimum Gasteiger partial charge on any atom is -0.192 e. The molecule has 0 saturated carbocycles. The SMILES string of the molecule is c1ccc(C2=[N+](c3cc(-c4cccc5ccccc45)cc(-c4cccc5ccccc45)c3)C(c3cc4ccccc4c4ccccc34)=N2)cc1. The summed E-state index contributed by atoms with van der Waals surface area (Å²) in [6.07, 6.45) is 0.